The predicted octanol–water partition coefficient (Wildman–Crippen LogP) is 4.09. The molecule has 27 heavy (non-hydrogen) atoms. The van der Waals surface area contributed by atoms with Crippen LogP contribution < -0.4 is 10.0 Å². The summed E-state index contributed by atoms with van der Waals surface area (Å²) in [5.41, 5.74) is 2.03. The van der Waals surface area contributed by atoms with Gasteiger partial charge in [0, 0.05) is 16.1 Å². The van der Waals surface area contributed by atoms with Crippen molar-refractivity contribution in [3.63, 3.8) is 0 Å². The number of hydrogen-bond donors (Lipinski definition) is 2. The molecule has 0 aliphatic heterocycles. The number of carbonyl (C=O) groups is 1. The lowest BCUT2D eigenvalue weighted by molar-refractivity contribution is -0.115. The van der Waals surface area contributed by atoms with Crippen LogP contribution in [0, 0.1) is 6.92 Å². The van der Waals surface area contributed by atoms with Crippen LogP contribution in [-0.4, -0.2) is 19.3 Å². The Balaban J connectivity index is 1.64. The molecule has 1 amide bonds. The van der Waals surface area contributed by atoms with Crippen molar-refractivity contribution >= 4 is 49.7 Å². The topological polar surface area (TPSA) is 88.2 Å². The monoisotopic (exact) mass is 421 g/mol. The van der Waals surface area contributed by atoms with Gasteiger partial charge in [-0.3, -0.25) is 9.52 Å². The first-order valence-corrected chi connectivity index (χ1v) is 10.7. The molecule has 6 nitrogen and oxygen atoms in total. The number of nitrogens with one attached hydrogen (secondary N) is 2. The molecule has 2 aromatic carbocycles. The fourth-order valence-corrected chi connectivity index (χ4v) is 4.42. The van der Waals surface area contributed by atoms with E-state index in [4.69, 9.17) is 11.6 Å². The van der Waals surface area contributed by atoms with Gasteiger partial charge in [-0.25, -0.2) is 13.4 Å². The van der Waals surface area contributed by atoms with Crippen molar-refractivity contribution in [1.82, 2.24) is 4.98 Å². The average Bonchev–Trinajstić information content (AvgIpc) is 3.01. The molecular weight excluding hydrogens is 406 g/mol. The molecule has 0 spiro atoms. The second kappa shape index (κ2) is 8.08. The van der Waals surface area contributed by atoms with Gasteiger partial charge in [0.1, 0.15) is 0 Å². The van der Waals surface area contributed by atoms with E-state index in [0.29, 0.717) is 16.4 Å². The van der Waals surface area contributed by atoms with Crippen LogP contribution in [0.3, 0.4) is 0 Å². The third kappa shape index (κ3) is 5.29. The maximum atomic E-state index is 12.4. The Morgan fingerprint density at radius 2 is 1.93 bits per heavy atom. The number of nitrogens with zero attached hydrogens (tertiary/aromatic N) is 1. The number of rotatable bonds is 6. The largest absolute Gasteiger partial charge is 0.326 e. The van der Waals surface area contributed by atoms with E-state index in [0.717, 1.165) is 16.9 Å². The normalized spacial score (nSPS) is 11.2. The molecule has 140 valence electrons. The van der Waals surface area contributed by atoms with Crippen molar-refractivity contribution in [2.24, 2.45) is 0 Å². The number of amides is 1. The summed E-state index contributed by atoms with van der Waals surface area (Å²) in [5.74, 6) is -0.268. The van der Waals surface area contributed by atoms with Crippen LogP contribution in [0.5, 0.6) is 0 Å². The molecule has 2 N–H and O–H groups in total. The minimum absolute atomic E-state index is 0.0231. The molecule has 0 bridgehead atoms. The first kappa shape index (κ1) is 19.3. The van der Waals surface area contributed by atoms with Crippen LogP contribution in [0.1, 0.15) is 11.3 Å². The van der Waals surface area contributed by atoms with E-state index in [1.54, 1.807) is 41.8 Å². The van der Waals surface area contributed by atoms with Gasteiger partial charge >= 0.3 is 0 Å². The Morgan fingerprint density at radius 1 is 1.19 bits per heavy atom. The minimum atomic E-state index is -3.72. The fraction of sp³-hybridized carbons (Fsp3) is 0.111. The van der Waals surface area contributed by atoms with Crippen molar-refractivity contribution in [3.05, 3.63) is 70.2 Å². The molecule has 0 fully saturated rings. The quantitative estimate of drug-likeness (QED) is 0.627. The summed E-state index contributed by atoms with van der Waals surface area (Å²) >= 11 is 7.01. The van der Waals surface area contributed by atoms with Crippen molar-refractivity contribution in [1.29, 1.82) is 0 Å². The van der Waals surface area contributed by atoms with Gasteiger partial charge in [0.25, 0.3) is 10.0 Å². The molecule has 0 aliphatic rings. The van der Waals surface area contributed by atoms with Crippen LogP contribution in [-0.2, 0) is 21.2 Å². The van der Waals surface area contributed by atoms with Crippen molar-refractivity contribution in [2.75, 3.05) is 10.0 Å². The first-order valence-electron chi connectivity index (χ1n) is 7.91. The number of benzene rings is 2. The highest BCUT2D eigenvalue weighted by Gasteiger charge is 2.16. The van der Waals surface area contributed by atoms with E-state index in [-0.39, 0.29) is 22.4 Å². The number of anilines is 2. The summed E-state index contributed by atoms with van der Waals surface area (Å²) < 4.78 is 27.2. The van der Waals surface area contributed by atoms with Crippen LogP contribution >= 0.6 is 22.9 Å². The standard InChI is InChI=1S/C18H16ClN3O3S2/c1-12-5-7-16(8-6-12)27(24,25)22-18-21-15(11-26-18)10-17(23)20-14-4-2-3-13(19)9-14/h2-9,11H,10H2,1H3,(H,20,23)(H,21,22). The molecule has 0 saturated carbocycles. The summed E-state index contributed by atoms with van der Waals surface area (Å²) in [6.45, 7) is 1.88. The van der Waals surface area contributed by atoms with Crippen LogP contribution in [0.4, 0.5) is 10.8 Å². The number of sulfonamides is 1. The van der Waals surface area contributed by atoms with Gasteiger partial charge in [0.15, 0.2) is 5.13 Å². The molecule has 3 aromatic rings. The zero-order chi connectivity index (χ0) is 19.4. The average molecular weight is 422 g/mol. The van der Waals surface area contributed by atoms with E-state index < -0.39 is 10.0 Å². The van der Waals surface area contributed by atoms with Crippen molar-refractivity contribution in [3.8, 4) is 0 Å². The molecule has 1 aromatic heterocycles. The molecule has 0 radical (unpaired) electrons. The first-order chi connectivity index (χ1) is 12.8. The lowest BCUT2D eigenvalue weighted by Gasteiger charge is -2.05. The Kier molecular flexibility index (Phi) is 5.79. The Morgan fingerprint density at radius 3 is 2.63 bits per heavy atom. The number of hydrogen-bond acceptors (Lipinski definition) is 5. The van der Waals surface area contributed by atoms with Crippen molar-refractivity contribution < 1.29 is 13.2 Å². The highest BCUT2D eigenvalue weighted by molar-refractivity contribution is 7.93. The summed E-state index contributed by atoms with van der Waals surface area (Å²) in [5, 5.41) is 5.10. The van der Waals surface area contributed by atoms with Gasteiger partial charge in [0.2, 0.25) is 5.91 Å². The van der Waals surface area contributed by atoms with Gasteiger partial charge < -0.3 is 5.32 Å². The molecular formula is C18H16ClN3O3S2. The van der Waals surface area contributed by atoms with Gasteiger partial charge in [-0.05, 0) is 37.3 Å². The lowest BCUT2D eigenvalue weighted by atomic mass is 10.2. The number of aryl methyl sites for hydroxylation is 1. The van der Waals surface area contributed by atoms with E-state index in [1.807, 2.05) is 6.92 Å². The van der Waals surface area contributed by atoms with Crippen LogP contribution in [0.25, 0.3) is 0 Å². The third-order valence-corrected chi connectivity index (χ3v) is 6.08. The smallest absolute Gasteiger partial charge is 0.263 e. The Hall–Kier alpha value is -2.42. The molecule has 0 saturated heterocycles. The predicted molar refractivity (Wildman–Crippen MR) is 108 cm³/mol. The van der Waals surface area contributed by atoms with E-state index in [1.165, 1.54) is 12.1 Å². The van der Waals surface area contributed by atoms with Crippen LogP contribution in [0.15, 0.2) is 58.8 Å². The zero-order valence-corrected chi connectivity index (χ0v) is 16.7. The molecule has 3 rings (SSSR count). The SMILES string of the molecule is Cc1ccc(S(=O)(=O)Nc2nc(CC(=O)Nc3cccc(Cl)c3)cs2)cc1. The maximum absolute atomic E-state index is 12.4. The molecule has 0 atom stereocenters. The maximum Gasteiger partial charge on any atom is 0.263 e. The highest BCUT2D eigenvalue weighted by Crippen LogP contribution is 2.21. The lowest BCUT2D eigenvalue weighted by Crippen LogP contribution is -2.15. The highest BCUT2D eigenvalue weighted by atomic mass is 35.5. The van der Waals surface area contributed by atoms with Gasteiger partial charge in [-0.1, -0.05) is 35.4 Å². The van der Waals surface area contributed by atoms with E-state index in [9.17, 15) is 13.2 Å². The van der Waals surface area contributed by atoms with Gasteiger partial charge in [0.05, 0.1) is 17.0 Å². The van der Waals surface area contributed by atoms with Gasteiger partial charge in [-0.15, -0.1) is 11.3 Å². The van der Waals surface area contributed by atoms with E-state index in [2.05, 4.69) is 15.0 Å². The van der Waals surface area contributed by atoms with Gasteiger partial charge in [-0.2, -0.15) is 0 Å². The third-order valence-electron chi connectivity index (χ3n) is 3.55. The Bertz CT molecular complexity index is 1060. The second-order valence-electron chi connectivity index (χ2n) is 5.80. The Labute approximate surface area is 166 Å². The molecule has 1 heterocycles. The van der Waals surface area contributed by atoms with E-state index >= 15 is 0 Å². The minimum Gasteiger partial charge on any atom is -0.326 e. The summed E-state index contributed by atoms with van der Waals surface area (Å²) in [6, 6.07) is 13.3. The molecule has 0 unspecified atom stereocenters. The fourth-order valence-electron chi connectivity index (χ4n) is 2.26. The molecule has 9 heteroatoms. The van der Waals surface area contributed by atoms with Crippen molar-refractivity contribution in [2.45, 2.75) is 18.2 Å². The number of halogens is 1. The summed E-state index contributed by atoms with van der Waals surface area (Å²) in [4.78, 5) is 16.4. The number of carbonyl (C=O) groups excluding carboxylic acids is 1. The summed E-state index contributed by atoms with van der Waals surface area (Å²) in [7, 11) is -3.72. The molecule has 0 aliphatic carbocycles. The van der Waals surface area contributed by atoms with Crippen LogP contribution in [0.2, 0.25) is 5.02 Å². The number of aromatic nitrogens is 1. The second-order valence-corrected chi connectivity index (χ2v) is 8.77. The summed E-state index contributed by atoms with van der Waals surface area (Å²) in [6.07, 6.45) is 0.0231. The zero-order valence-electron chi connectivity index (χ0n) is 14.3. The number of thiazole rings is 1.